The fraction of sp³-hybridized carbons (Fsp3) is 0.615. The molecule has 7 heteroatoms. The molecule has 2 heterocycles. The second-order valence-corrected chi connectivity index (χ2v) is 5.56. The first-order valence-corrected chi connectivity index (χ1v) is 6.82. The molecule has 0 radical (unpaired) electrons. The Balaban J connectivity index is 1.90. The molecule has 108 valence electrons. The van der Waals surface area contributed by atoms with Gasteiger partial charge in [-0.3, -0.25) is 10.1 Å². The summed E-state index contributed by atoms with van der Waals surface area (Å²) in [7, 11) is 0. The van der Waals surface area contributed by atoms with Crippen LogP contribution in [0, 0.1) is 21.2 Å². The van der Waals surface area contributed by atoms with Crippen LogP contribution in [-0.2, 0) is 4.74 Å². The summed E-state index contributed by atoms with van der Waals surface area (Å²) in [5, 5.41) is 22.6. The average Bonchev–Trinajstić information content (AvgIpc) is 3.21. The second kappa shape index (κ2) is 4.90. The first-order valence-electron chi connectivity index (χ1n) is 6.82. The topological polar surface area (TPSA) is 82.5 Å². The first-order chi connectivity index (χ1) is 9.54. The third-order valence-corrected chi connectivity index (χ3v) is 3.86. The Bertz CT molecular complexity index is 532. The van der Waals surface area contributed by atoms with Crippen LogP contribution in [0.2, 0.25) is 0 Å². The minimum atomic E-state index is -0.443. The largest absolute Gasteiger partial charge is 0.619 e. The molecule has 0 amide bonds. The number of nitro groups is 1. The summed E-state index contributed by atoms with van der Waals surface area (Å²) in [5.74, 6) is 0.558. The molecule has 2 fully saturated rings. The Morgan fingerprint density at radius 3 is 2.85 bits per heavy atom. The van der Waals surface area contributed by atoms with Crippen molar-refractivity contribution in [3.63, 3.8) is 0 Å². The summed E-state index contributed by atoms with van der Waals surface area (Å²) in [6.07, 6.45) is 4.87. The smallest absolute Gasteiger partial charge is 0.304 e. The number of morpholine rings is 1. The molecule has 7 nitrogen and oxygen atoms in total. The number of ether oxygens (including phenoxy) is 1. The minimum absolute atomic E-state index is 0.00858. The van der Waals surface area contributed by atoms with Crippen molar-refractivity contribution in [2.45, 2.75) is 32.0 Å². The van der Waals surface area contributed by atoms with E-state index in [9.17, 15) is 15.3 Å². The molecule has 2 atom stereocenters. The molecule has 0 spiro atoms. The van der Waals surface area contributed by atoms with Gasteiger partial charge in [-0.1, -0.05) is 0 Å². The van der Waals surface area contributed by atoms with E-state index in [0.29, 0.717) is 29.4 Å². The van der Waals surface area contributed by atoms with Gasteiger partial charge in [0.15, 0.2) is 11.9 Å². The fourth-order valence-corrected chi connectivity index (χ4v) is 2.77. The van der Waals surface area contributed by atoms with E-state index in [-0.39, 0.29) is 17.9 Å². The highest BCUT2D eigenvalue weighted by molar-refractivity contribution is 5.60. The molecule has 0 bridgehead atoms. The summed E-state index contributed by atoms with van der Waals surface area (Å²) < 4.78 is 6.50. The summed E-state index contributed by atoms with van der Waals surface area (Å²) in [6, 6.07) is 1.26. The second-order valence-electron chi connectivity index (χ2n) is 5.56. The number of pyridine rings is 1. The predicted octanol–water partition coefficient (Wildman–Crippen LogP) is 1.23. The van der Waals surface area contributed by atoms with Crippen LogP contribution < -0.4 is 9.63 Å². The van der Waals surface area contributed by atoms with Gasteiger partial charge in [0.25, 0.3) is 0 Å². The van der Waals surface area contributed by atoms with E-state index in [4.69, 9.17) is 4.74 Å². The van der Waals surface area contributed by atoms with Crippen molar-refractivity contribution in [3.8, 4) is 0 Å². The van der Waals surface area contributed by atoms with Gasteiger partial charge in [-0.25, -0.2) is 0 Å². The van der Waals surface area contributed by atoms with Crippen LogP contribution in [0.15, 0.2) is 18.5 Å². The molecule has 1 aliphatic heterocycles. The van der Waals surface area contributed by atoms with Crippen molar-refractivity contribution in [2.24, 2.45) is 5.92 Å². The molecule has 2 unspecified atom stereocenters. The molecule has 1 aromatic heterocycles. The molecular weight excluding hydrogens is 262 g/mol. The van der Waals surface area contributed by atoms with Crippen LogP contribution in [0.3, 0.4) is 0 Å². The van der Waals surface area contributed by atoms with Crippen molar-refractivity contribution >= 4 is 11.4 Å². The summed E-state index contributed by atoms with van der Waals surface area (Å²) in [5.41, 5.74) is 0.356. The lowest BCUT2D eigenvalue weighted by molar-refractivity contribution is -0.605. The van der Waals surface area contributed by atoms with E-state index in [1.165, 1.54) is 12.3 Å². The maximum atomic E-state index is 11.5. The maximum Gasteiger partial charge on any atom is 0.304 e. The third-order valence-electron chi connectivity index (χ3n) is 3.86. The summed E-state index contributed by atoms with van der Waals surface area (Å²) >= 11 is 0. The molecule has 1 saturated carbocycles. The van der Waals surface area contributed by atoms with Crippen molar-refractivity contribution in [1.29, 1.82) is 0 Å². The van der Waals surface area contributed by atoms with Crippen LogP contribution in [0.1, 0.15) is 19.8 Å². The van der Waals surface area contributed by atoms with Crippen LogP contribution in [-0.4, -0.2) is 30.2 Å². The van der Waals surface area contributed by atoms with Gasteiger partial charge in [0, 0.05) is 13.1 Å². The van der Waals surface area contributed by atoms with Crippen LogP contribution in [0.5, 0.6) is 0 Å². The fourth-order valence-electron chi connectivity index (χ4n) is 2.77. The van der Waals surface area contributed by atoms with E-state index in [0.717, 1.165) is 19.0 Å². The van der Waals surface area contributed by atoms with E-state index >= 15 is 0 Å². The monoisotopic (exact) mass is 279 g/mol. The van der Waals surface area contributed by atoms with Crippen molar-refractivity contribution in [1.82, 2.24) is 0 Å². The number of aromatic nitrogens is 1. The van der Waals surface area contributed by atoms with Gasteiger partial charge < -0.3 is 14.8 Å². The van der Waals surface area contributed by atoms with E-state index in [1.54, 1.807) is 0 Å². The molecule has 20 heavy (non-hydrogen) atoms. The zero-order valence-electron chi connectivity index (χ0n) is 11.3. The zero-order valence-corrected chi connectivity index (χ0v) is 11.3. The Morgan fingerprint density at radius 1 is 1.45 bits per heavy atom. The highest BCUT2D eigenvalue weighted by atomic mass is 16.6. The van der Waals surface area contributed by atoms with E-state index in [2.05, 4.69) is 0 Å². The Kier molecular flexibility index (Phi) is 3.21. The molecule has 1 aliphatic carbocycles. The Hall–Kier alpha value is -1.89. The number of hydrogen-bond donors (Lipinski definition) is 0. The normalized spacial score (nSPS) is 26.6. The molecule has 1 aromatic rings. The van der Waals surface area contributed by atoms with Crippen LogP contribution in [0.25, 0.3) is 0 Å². The van der Waals surface area contributed by atoms with Crippen molar-refractivity contribution < 1.29 is 14.4 Å². The number of rotatable bonds is 3. The molecule has 1 saturated heterocycles. The van der Waals surface area contributed by atoms with Crippen molar-refractivity contribution in [3.05, 3.63) is 33.8 Å². The minimum Gasteiger partial charge on any atom is -0.619 e. The molecule has 2 aliphatic rings. The highest BCUT2D eigenvalue weighted by Gasteiger charge is 2.39. The molecule has 0 N–H and O–H groups in total. The van der Waals surface area contributed by atoms with Gasteiger partial charge in [0.2, 0.25) is 6.20 Å². The summed E-state index contributed by atoms with van der Waals surface area (Å²) in [6.45, 7) is 3.13. The summed E-state index contributed by atoms with van der Waals surface area (Å²) in [4.78, 5) is 12.6. The standard InChI is InChI=1S/C13H17N3O4/c1-9-6-14(8-13(20-9)10-2-3-10)12-7-15(17)5-4-11(12)16(18)19/h4-5,7,9-10,13H,2-3,6,8H2,1H3. The lowest BCUT2D eigenvalue weighted by Gasteiger charge is -2.37. The van der Waals surface area contributed by atoms with Crippen LogP contribution in [0.4, 0.5) is 11.4 Å². The van der Waals surface area contributed by atoms with E-state index < -0.39 is 4.92 Å². The van der Waals surface area contributed by atoms with Gasteiger partial charge in [0.1, 0.15) is 0 Å². The van der Waals surface area contributed by atoms with Crippen LogP contribution >= 0.6 is 0 Å². The first kappa shape index (κ1) is 13.1. The molecule has 0 aromatic carbocycles. The van der Waals surface area contributed by atoms with Gasteiger partial charge in [-0.15, -0.1) is 0 Å². The quantitative estimate of drug-likeness (QED) is 0.360. The predicted molar refractivity (Wildman–Crippen MR) is 71.3 cm³/mol. The van der Waals surface area contributed by atoms with Gasteiger partial charge in [-0.05, 0) is 25.7 Å². The Labute approximate surface area is 116 Å². The third kappa shape index (κ3) is 2.53. The van der Waals surface area contributed by atoms with Gasteiger partial charge in [0.05, 0.1) is 23.2 Å². The molecule has 3 rings (SSSR count). The highest BCUT2D eigenvalue weighted by Crippen LogP contribution is 2.38. The zero-order chi connectivity index (χ0) is 14.3. The number of hydrogen-bond acceptors (Lipinski definition) is 5. The lowest BCUT2D eigenvalue weighted by atomic mass is 10.1. The average molecular weight is 279 g/mol. The van der Waals surface area contributed by atoms with Gasteiger partial charge in [-0.2, -0.15) is 4.73 Å². The van der Waals surface area contributed by atoms with Gasteiger partial charge >= 0.3 is 5.69 Å². The number of anilines is 1. The molecular formula is C13H17N3O4. The Morgan fingerprint density at radius 2 is 2.20 bits per heavy atom. The maximum absolute atomic E-state index is 11.5. The number of nitrogens with zero attached hydrogens (tertiary/aromatic N) is 3. The SMILES string of the molecule is CC1CN(c2c[n+]([O-])ccc2[N+](=O)[O-])CC(C2CC2)O1. The van der Waals surface area contributed by atoms with Crippen molar-refractivity contribution in [2.75, 3.05) is 18.0 Å². The van der Waals surface area contributed by atoms with E-state index in [1.807, 2.05) is 11.8 Å². The lowest BCUT2D eigenvalue weighted by Crippen LogP contribution is -2.48.